The maximum absolute atomic E-state index is 5.77. The number of nitrogens with zero attached hydrogens (tertiary/aromatic N) is 2. The summed E-state index contributed by atoms with van der Waals surface area (Å²) in [5.41, 5.74) is 1.72. The molecule has 0 spiro atoms. The molecule has 0 bridgehead atoms. The molecule has 76 valence electrons. The third-order valence-electron chi connectivity index (χ3n) is 2.01. The van der Waals surface area contributed by atoms with E-state index in [2.05, 4.69) is 9.97 Å². The Morgan fingerprint density at radius 3 is 2.73 bits per heavy atom. The molecule has 15 heavy (non-hydrogen) atoms. The van der Waals surface area contributed by atoms with Crippen LogP contribution in [0.1, 0.15) is 0 Å². The van der Waals surface area contributed by atoms with E-state index in [0.717, 1.165) is 11.3 Å². The topological polar surface area (TPSA) is 35.0 Å². The van der Waals surface area contributed by atoms with Gasteiger partial charge in [0.05, 0.1) is 24.0 Å². The zero-order chi connectivity index (χ0) is 10.7. The lowest BCUT2D eigenvalue weighted by molar-refractivity contribution is 0.414. The highest BCUT2D eigenvalue weighted by molar-refractivity contribution is 6.30. The Kier molecular flexibility index (Phi) is 2.83. The zero-order valence-electron chi connectivity index (χ0n) is 8.14. The first kappa shape index (κ1) is 9.93. The maximum Gasteiger partial charge on any atom is 0.146 e. The summed E-state index contributed by atoms with van der Waals surface area (Å²) in [6.45, 7) is 0. The van der Waals surface area contributed by atoms with Gasteiger partial charge >= 0.3 is 0 Å². The van der Waals surface area contributed by atoms with E-state index in [1.54, 1.807) is 31.8 Å². The van der Waals surface area contributed by atoms with Gasteiger partial charge in [-0.1, -0.05) is 11.6 Å². The smallest absolute Gasteiger partial charge is 0.146 e. The van der Waals surface area contributed by atoms with E-state index in [1.165, 1.54) is 0 Å². The molecular formula is C11H9ClN2O. The molecule has 0 amide bonds. The van der Waals surface area contributed by atoms with Crippen molar-refractivity contribution in [2.75, 3.05) is 7.11 Å². The fourth-order valence-electron chi connectivity index (χ4n) is 1.29. The number of hydrogen-bond acceptors (Lipinski definition) is 3. The first-order valence-corrected chi connectivity index (χ1v) is 4.79. The number of aromatic nitrogens is 2. The molecule has 2 rings (SSSR count). The van der Waals surface area contributed by atoms with Gasteiger partial charge in [-0.3, -0.25) is 9.97 Å². The Bertz CT molecular complexity index is 456. The predicted octanol–water partition coefficient (Wildman–Crippen LogP) is 2.81. The molecule has 0 aliphatic rings. The second-order valence-electron chi connectivity index (χ2n) is 2.94. The van der Waals surface area contributed by atoms with E-state index in [4.69, 9.17) is 16.3 Å². The molecule has 2 aromatic rings. The number of halogens is 1. The van der Waals surface area contributed by atoms with Gasteiger partial charge in [0.25, 0.3) is 0 Å². The van der Waals surface area contributed by atoms with Crippen LogP contribution in [-0.2, 0) is 0 Å². The molecule has 2 heterocycles. The van der Waals surface area contributed by atoms with Gasteiger partial charge in [-0.15, -0.1) is 0 Å². The number of pyridine rings is 2. The molecule has 4 heteroatoms. The van der Waals surface area contributed by atoms with Crippen LogP contribution in [0, 0.1) is 0 Å². The number of ether oxygens (including phenoxy) is 1. The van der Waals surface area contributed by atoms with Gasteiger partial charge in [0, 0.05) is 18.0 Å². The molecule has 0 unspecified atom stereocenters. The number of methoxy groups -OCH3 is 1. The van der Waals surface area contributed by atoms with E-state index in [-0.39, 0.29) is 0 Å². The van der Waals surface area contributed by atoms with Crippen LogP contribution in [0.4, 0.5) is 0 Å². The maximum atomic E-state index is 5.77. The van der Waals surface area contributed by atoms with E-state index < -0.39 is 0 Å². The monoisotopic (exact) mass is 220 g/mol. The van der Waals surface area contributed by atoms with E-state index in [1.807, 2.05) is 12.1 Å². The van der Waals surface area contributed by atoms with Gasteiger partial charge in [0.2, 0.25) is 0 Å². The van der Waals surface area contributed by atoms with Crippen molar-refractivity contribution in [2.45, 2.75) is 0 Å². The fourth-order valence-corrected chi connectivity index (χ4v) is 1.40. The van der Waals surface area contributed by atoms with Gasteiger partial charge in [0.1, 0.15) is 5.75 Å². The third kappa shape index (κ3) is 2.07. The minimum absolute atomic E-state index is 0.617. The second kappa shape index (κ2) is 4.28. The average molecular weight is 221 g/mol. The molecule has 0 fully saturated rings. The van der Waals surface area contributed by atoms with Crippen molar-refractivity contribution in [3.8, 4) is 17.0 Å². The van der Waals surface area contributed by atoms with Crippen LogP contribution in [0.5, 0.6) is 5.75 Å². The Morgan fingerprint density at radius 2 is 2.07 bits per heavy atom. The number of hydrogen-bond donors (Lipinski definition) is 0. The molecule has 0 aromatic carbocycles. The summed E-state index contributed by atoms with van der Waals surface area (Å²) in [7, 11) is 1.61. The molecule has 0 N–H and O–H groups in total. The first-order chi connectivity index (χ1) is 7.31. The van der Waals surface area contributed by atoms with Gasteiger partial charge in [-0.25, -0.2) is 0 Å². The summed E-state index contributed by atoms with van der Waals surface area (Å²) in [4.78, 5) is 8.20. The van der Waals surface area contributed by atoms with Crippen LogP contribution >= 0.6 is 11.6 Å². The molecule has 0 radical (unpaired) electrons. The van der Waals surface area contributed by atoms with Crippen molar-refractivity contribution >= 4 is 11.6 Å². The van der Waals surface area contributed by atoms with Crippen molar-refractivity contribution in [3.05, 3.63) is 41.8 Å². The Morgan fingerprint density at radius 1 is 1.20 bits per heavy atom. The van der Waals surface area contributed by atoms with E-state index in [0.29, 0.717) is 10.8 Å². The summed E-state index contributed by atoms with van der Waals surface area (Å²) in [5, 5.41) is 0.617. The largest absolute Gasteiger partial charge is 0.494 e. The first-order valence-electron chi connectivity index (χ1n) is 4.41. The SMILES string of the molecule is COc1cnccc1-c1ccc(Cl)cn1. The minimum Gasteiger partial charge on any atom is -0.494 e. The zero-order valence-corrected chi connectivity index (χ0v) is 8.90. The fraction of sp³-hybridized carbons (Fsp3) is 0.0909. The normalized spacial score (nSPS) is 10.0. The van der Waals surface area contributed by atoms with Crippen molar-refractivity contribution in [1.82, 2.24) is 9.97 Å². The van der Waals surface area contributed by atoms with Crippen molar-refractivity contribution < 1.29 is 4.74 Å². The quantitative estimate of drug-likeness (QED) is 0.781. The summed E-state index contributed by atoms with van der Waals surface area (Å²) >= 11 is 5.77. The average Bonchev–Trinajstić information content (AvgIpc) is 2.30. The van der Waals surface area contributed by atoms with Crippen molar-refractivity contribution in [2.24, 2.45) is 0 Å². The van der Waals surface area contributed by atoms with Crippen LogP contribution in [0.15, 0.2) is 36.8 Å². The molecular weight excluding hydrogens is 212 g/mol. The third-order valence-corrected chi connectivity index (χ3v) is 2.23. The lowest BCUT2D eigenvalue weighted by atomic mass is 10.1. The highest BCUT2D eigenvalue weighted by Crippen LogP contribution is 2.27. The van der Waals surface area contributed by atoms with Crippen LogP contribution in [0.3, 0.4) is 0 Å². The minimum atomic E-state index is 0.617. The Hall–Kier alpha value is -1.61. The van der Waals surface area contributed by atoms with E-state index >= 15 is 0 Å². The van der Waals surface area contributed by atoms with Gasteiger partial charge in [0.15, 0.2) is 0 Å². The molecule has 0 aliphatic heterocycles. The molecule has 0 aliphatic carbocycles. The molecule has 0 atom stereocenters. The summed E-state index contributed by atoms with van der Waals surface area (Å²) < 4.78 is 5.19. The van der Waals surface area contributed by atoms with Crippen LogP contribution in [-0.4, -0.2) is 17.1 Å². The van der Waals surface area contributed by atoms with Crippen molar-refractivity contribution in [1.29, 1.82) is 0 Å². The van der Waals surface area contributed by atoms with Gasteiger partial charge in [-0.2, -0.15) is 0 Å². The molecule has 0 saturated carbocycles. The van der Waals surface area contributed by atoms with Gasteiger partial charge < -0.3 is 4.74 Å². The lowest BCUT2D eigenvalue weighted by Gasteiger charge is -2.06. The predicted molar refractivity (Wildman–Crippen MR) is 59.0 cm³/mol. The van der Waals surface area contributed by atoms with Crippen LogP contribution < -0.4 is 4.74 Å². The molecule has 0 saturated heterocycles. The molecule has 2 aromatic heterocycles. The lowest BCUT2D eigenvalue weighted by Crippen LogP contribution is -1.90. The van der Waals surface area contributed by atoms with Crippen LogP contribution in [0.2, 0.25) is 5.02 Å². The number of rotatable bonds is 2. The van der Waals surface area contributed by atoms with Gasteiger partial charge in [-0.05, 0) is 18.2 Å². The van der Waals surface area contributed by atoms with E-state index in [9.17, 15) is 0 Å². The summed E-state index contributed by atoms with van der Waals surface area (Å²) in [6, 6.07) is 5.50. The Labute approximate surface area is 92.7 Å². The summed E-state index contributed by atoms with van der Waals surface area (Å²) in [5.74, 6) is 0.701. The van der Waals surface area contributed by atoms with Crippen LogP contribution in [0.25, 0.3) is 11.3 Å². The Balaban J connectivity index is 2.49. The molecule has 3 nitrogen and oxygen atoms in total. The second-order valence-corrected chi connectivity index (χ2v) is 3.37. The standard InChI is InChI=1S/C11H9ClN2O/c1-15-11-7-13-5-4-9(11)10-3-2-8(12)6-14-10/h2-7H,1H3. The highest BCUT2D eigenvalue weighted by Gasteiger charge is 2.05. The summed E-state index contributed by atoms with van der Waals surface area (Å²) in [6.07, 6.45) is 4.97. The van der Waals surface area contributed by atoms with Crippen molar-refractivity contribution in [3.63, 3.8) is 0 Å². The highest BCUT2D eigenvalue weighted by atomic mass is 35.5.